The summed E-state index contributed by atoms with van der Waals surface area (Å²) in [4.78, 5) is 0. The molecular weight excluding hydrogens is 208 g/mol. The quantitative estimate of drug-likeness (QED) is 0.589. The summed E-state index contributed by atoms with van der Waals surface area (Å²) >= 11 is 0. The van der Waals surface area contributed by atoms with Crippen molar-refractivity contribution in [3.05, 3.63) is 0 Å². The first-order chi connectivity index (χ1) is 7.58. The highest BCUT2D eigenvalue weighted by molar-refractivity contribution is 4.84. The van der Waals surface area contributed by atoms with Crippen LogP contribution in [0.1, 0.15) is 75.2 Å². The fourth-order valence-corrected chi connectivity index (χ4v) is 2.27. The molecule has 0 bridgehead atoms. The Hall–Kier alpha value is -0.0400. The van der Waals surface area contributed by atoms with E-state index in [-0.39, 0.29) is 5.60 Å². The normalized spacial score (nSPS) is 18.9. The molecule has 0 heterocycles. The molecular formula is C16H34O. The van der Waals surface area contributed by atoms with Gasteiger partial charge >= 0.3 is 0 Å². The fourth-order valence-electron chi connectivity index (χ4n) is 2.27. The van der Waals surface area contributed by atoms with E-state index in [0.717, 1.165) is 12.3 Å². The summed E-state index contributed by atoms with van der Waals surface area (Å²) < 4.78 is 6.23. The van der Waals surface area contributed by atoms with Crippen LogP contribution in [0.3, 0.4) is 0 Å². The molecule has 0 aromatic heterocycles. The summed E-state index contributed by atoms with van der Waals surface area (Å²) in [6, 6.07) is 0. The monoisotopic (exact) mass is 242 g/mol. The van der Waals surface area contributed by atoms with Crippen LogP contribution in [-0.4, -0.2) is 11.7 Å². The van der Waals surface area contributed by atoms with Crippen molar-refractivity contribution >= 4 is 0 Å². The van der Waals surface area contributed by atoms with Crippen LogP contribution in [0.25, 0.3) is 0 Å². The Morgan fingerprint density at radius 3 is 1.76 bits per heavy atom. The molecule has 0 aromatic rings. The van der Waals surface area contributed by atoms with Crippen molar-refractivity contribution < 1.29 is 4.74 Å². The molecule has 3 atom stereocenters. The van der Waals surface area contributed by atoms with Gasteiger partial charge in [-0.15, -0.1) is 0 Å². The van der Waals surface area contributed by atoms with Crippen molar-refractivity contribution in [2.75, 3.05) is 0 Å². The zero-order chi connectivity index (χ0) is 13.9. The first-order valence-electron chi connectivity index (χ1n) is 7.26. The summed E-state index contributed by atoms with van der Waals surface area (Å²) in [6.45, 7) is 20.5. The van der Waals surface area contributed by atoms with E-state index in [9.17, 15) is 0 Å². The summed E-state index contributed by atoms with van der Waals surface area (Å²) in [5, 5.41) is 0. The minimum absolute atomic E-state index is 0.000784. The van der Waals surface area contributed by atoms with Gasteiger partial charge in [-0.1, -0.05) is 48.0 Å². The summed E-state index contributed by atoms with van der Waals surface area (Å²) in [5.74, 6) is 1.30. The second-order valence-electron chi connectivity index (χ2n) is 6.86. The number of hydrogen-bond donors (Lipinski definition) is 0. The van der Waals surface area contributed by atoms with Crippen molar-refractivity contribution in [2.24, 2.45) is 17.3 Å². The molecule has 0 saturated heterocycles. The highest BCUT2D eigenvalue weighted by Gasteiger charge is 2.36. The first-order valence-corrected chi connectivity index (χ1v) is 7.26. The van der Waals surface area contributed by atoms with Crippen molar-refractivity contribution in [2.45, 2.75) is 86.9 Å². The van der Waals surface area contributed by atoms with Gasteiger partial charge in [0.25, 0.3) is 0 Å². The average molecular weight is 242 g/mol. The lowest BCUT2D eigenvalue weighted by molar-refractivity contribution is -0.111. The van der Waals surface area contributed by atoms with Crippen LogP contribution in [0.15, 0.2) is 0 Å². The SMILES string of the molecule is CCC(C)C(C)(C)C(C)C(C)OC(C)(C)CC. The van der Waals surface area contributed by atoms with Gasteiger partial charge in [0.05, 0.1) is 11.7 Å². The topological polar surface area (TPSA) is 9.23 Å². The predicted octanol–water partition coefficient (Wildman–Crippen LogP) is 5.29. The summed E-state index contributed by atoms with van der Waals surface area (Å²) in [6.07, 6.45) is 2.61. The van der Waals surface area contributed by atoms with Crippen LogP contribution in [0.5, 0.6) is 0 Å². The molecule has 0 aliphatic rings. The molecule has 0 aliphatic carbocycles. The third-order valence-corrected chi connectivity index (χ3v) is 5.12. The van der Waals surface area contributed by atoms with E-state index in [4.69, 9.17) is 4.74 Å². The summed E-state index contributed by atoms with van der Waals surface area (Å²) in [5.41, 5.74) is 0.331. The van der Waals surface area contributed by atoms with E-state index < -0.39 is 0 Å². The van der Waals surface area contributed by atoms with Crippen LogP contribution in [-0.2, 0) is 4.74 Å². The maximum atomic E-state index is 6.23. The van der Waals surface area contributed by atoms with E-state index in [1.54, 1.807) is 0 Å². The third kappa shape index (κ3) is 4.62. The van der Waals surface area contributed by atoms with Crippen LogP contribution in [0.2, 0.25) is 0 Å². The molecule has 0 amide bonds. The molecule has 0 fully saturated rings. The molecule has 17 heavy (non-hydrogen) atoms. The van der Waals surface area contributed by atoms with Gasteiger partial charge in [0.1, 0.15) is 0 Å². The molecule has 1 heteroatoms. The zero-order valence-corrected chi connectivity index (χ0v) is 13.6. The summed E-state index contributed by atoms with van der Waals surface area (Å²) in [7, 11) is 0. The minimum Gasteiger partial charge on any atom is -0.372 e. The van der Waals surface area contributed by atoms with Gasteiger partial charge in [-0.25, -0.2) is 0 Å². The second-order valence-corrected chi connectivity index (χ2v) is 6.86. The molecule has 0 saturated carbocycles. The smallest absolute Gasteiger partial charge is 0.0627 e. The van der Waals surface area contributed by atoms with Crippen LogP contribution in [0, 0.1) is 17.3 Å². The van der Waals surface area contributed by atoms with E-state index in [1.165, 1.54) is 6.42 Å². The minimum atomic E-state index is -0.000784. The van der Waals surface area contributed by atoms with Gasteiger partial charge < -0.3 is 4.74 Å². The molecule has 0 aliphatic heterocycles. The van der Waals surface area contributed by atoms with E-state index >= 15 is 0 Å². The molecule has 0 N–H and O–H groups in total. The maximum Gasteiger partial charge on any atom is 0.0627 e. The molecule has 0 aromatic carbocycles. The number of hydrogen-bond acceptors (Lipinski definition) is 1. The second kappa shape index (κ2) is 6.22. The Balaban J connectivity index is 4.64. The van der Waals surface area contributed by atoms with Crippen LogP contribution in [0.4, 0.5) is 0 Å². The van der Waals surface area contributed by atoms with Gasteiger partial charge in [0, 0.05) is 0 Å². The number of ether oxygens (including phenoxy) is 1. The van der Waals surface area contributed by atoms with Crippen molar-refractivity contribution in [1.82, 2.24) is 0 Å². The Labute approximate surface area is 109 Å². The zero-order valence-electron chi connectivity index (χ0n) is 13.6. The van der Waals surface area contributed by atoms with Gasteiger partial charge in [0.2, 0.25) is 0 Å². The van der Waals surface area contributed by atoms with E-state index in [2.05, 4.69) is 62.3 Å². The van der Waals surface area contributed by atoms with Gasteiger partial charge in [-0.2, -0.15) is 0 Å². The molecule has 1 nitrogen and oxygen atoms in total. The highest BCUT2D eigenvalue weighted by atomic mass is 16.5. The lowest BCUT2D eigenvalue weighted by atomic mass is 9.68. The van der Waals surface area contributed by atoms with Crippen molar-refractivity contribution in [3.8, 4) is 0 Å². The predicted molar refractivity (Wildman–Crippen MR) is 77.3 cm³/mol. The molecule has 0 rings (SSSR count). The maximum absolute atomic E-state index is 6.23. The number of rotatable bonds is 7. The molecule has 3 unspecified atom stereocenters. The van der Waals surface area contributed by atoms with Gasteiger partial charge in [-0.3, -0.25) is 0 Å². The third-order valence-electron chi connectivity index (χ3n) is 5.12. The Morgan fingerprint density at radius 2 is 1.41 bits per heavy atom. The molecule has 0 spiro atoms. The standard InChI is InChI=1S/C16H34O/c1-10-12(3)16(8,9)13(4)14(5)17-15(6,7)11-2/h12-14H,10-11H2,1-9H3. The van der Waals surface area contributed by atoms with Crippen molar-refractivity contribution in [3.63, 3.8) is 0 Å². The Bertz CT molecular complexity index is 218. The molecule has 104 valence electrons. The fraction of sp³-hybridized carbons (Fsp3) is 1.00. The van der Waals surface area contributed by atoms with Crippen LogP contribution >= 0.6 is 0 Å². The van der Waals surface area contributed by atoms with Gasteiger partial charge in [-0.05, 0) is 44.4 Å². The van der Waals surface area contributed by atoms with Gasteiger partial charge in [0.15, 0.2) is 0 Å². The van der Waals surface area contributed by atoms with Crippen LogP contribution < -0.4 is 0 Å². The van der Waals surface area contributed by atoms with E-state index in [0.29, 0.717) is 17.4 Å². The lowest BCUT2D eigenvalue weighted by Gasteiger charge is -2.42. The highest BCUT2D eigenvalue weighted by Crippen LogP contribution is 2.40. The Kier molecular flexibility index (Phi) is 6.21. The van der Waals surface area contributed by atoms with E-state index in [1.807, 2.05) is 0 Å². The largest absolute Gasteiger partial charge is 0.372 e. The average Bonchev–Trinajstić information content (AvgIpc) is 2.26. The van der Waals surface area contributed by atoms with Crippen molar-refractivity contribution in [1.29, 1.82) is 0 Å². The lowest BCUT2D eigenvalue weighted by Crippen LogP contribution is -2.40. The first kappa shape index (κ1) is 17.0. The Morgan fingerprint density at radius 1 is 0.941 bits per heavy atom. The molecule has 0 radical (unpaired) electrons.